The highest BCUT2D eigenvalue weighted by atomic mass is 16.5. The standard InChI is InChI=1S/C15H15NO2/c17-15(14-9-4-10-16-12-14)18-11-5-8-13-6-2-1-3-7-13/h1-10,16H,11-12H2. The van der Waals surface area contributed by atoms with E-state index in [0.717, 1.165) is 5.56 Å². The van der Waals surface area contributed by atoms with Crippen molar-refractivity contribution in [3.63, 3.8) is 0 Å². The van der Waals surface area contributed by atoms with Crippen molar-refractivity contribution < 1.29 is 9.53 Å². The van der Waals surface area contributed by atoms with Crippen molar-refractivity contribution >= 4 is 12.0 Å². The number of benzene rings is 1. The van der Waals surface area contributed by atoms with Gasteiger partial charge in [0.1, 0.15) is 6.61 Å². The van der Waals surface area contributed by atoms with Crippen molar-refractivity contribution in [2.24, 2.45) is 0 Å². The summed E-state index contributed by atoms with van der Waals surface area (Å²) in [4.78, 5) is 11.6. The number of esters is 1. The summed E-state index contributed by atoms with van der Waals surface area (Å²) in [6.45, 7) is 0.812. The first-order valence-electron chi connectivity index (χ1n) is 5.84. The van der Waals surface area contributed by atoms with Gasteiger partial charge in [0, 0.05) is 6.54 Å². The number of dihydropyridines is 1. The molecular formula is C15H15NO2. The molecule has 1 aliphatic heterocycles. The molecule has 0 saturated heterocycles. The predicted molar refractivity (Wildman–Crippen MR) is 71.7 cm³/mol. The summed E-state index contributed by atoms with van der Waals surface area (Å²) in [6, 6.07) is 9.90. The van der Waals surface area contributed by atoms with Crippen LogP contribution in [0.3, 0.4) is 0 Å². The molecule has 0 spiro atoms. The lowest BCUT2D eigenvalue weighted by atomic mass is 10.2. The highest BCUT2D eigenvalue weighted by molar-refractivity contribution is 5.89. The Kier molecular flexibility index (Phi) is 4.36. The van der Waals surface area contributed by atoms with Crippen LogP contribution < -0.4 is 5.32 Å². The van der Waals surface area contributed by atoms with E-state index in [2.05, 4.69) is 5.32 Å². The quantitative estimate of drug-likeness (QED) is 0.822. The molecule has 0 amide bonds. The molecule has 2 rings (SSSR count). The molecule has 1 aromatic rings. The lowest BCUT2D eigenvalue weighted by molar-refractivity contribution is -0.137. The largest absolute Gasteiger partial charge is 0.458 e. The Labute approximate surface area is 106 Å². The number of carbonyl (C=O) groups is 1. The highest BCUT2D eigenvalue weighted by Crippen LogP contribution is 2.03. The van der Waals surface area contributed by atoms with E-state index in [1.54, 1.807) is 18.4 Å². The van der Waals surface area contributed by atoms with Gasteiger partial charge in [-0.05, 0) is 30.0 Å². The Hall–Kier alpha value is -2.29. The molecular weight excluding hydrogens is 226 g/mol. The highest BCUT2D eigenvalue weighted by Gasteiger charge is 2.09. The van der Waals surface area contributed by atoms with Gasteiger partial charge in [0.2, 0.25) is 0 Å². The van der Waals surface area contributed by atoms with Crippen molar-refractivity contribution in [1.82, 2.24) is 5.32 Å². The average Bonchev–Trinajstić information content (AvgIpc) is 2.45. The van der Waals surface area contributed by atoms with Gasteiger partial charge < -0.3 is 10.1 Å². The third-order valence-corrected chi connectivity index (χ3v) is 2.49. The lowest BCUT2D eigenvalue weighted by Crippen LogP contribution is -2.20. The van der Waals surface area contributed by atoms with Gasteiger partial charge in [0.25, 0.3) is 0 Å². The number of hydrogen-bond acceptors (Lipinski definition) is 3. The maximum atomic E-state index is 11.6. The molecule has 3 heteroatoms. The Balaban J connectivity index is 1.78. The number of allylic oxidation sites excluding steroid dienone is 2. The summed E-state index contributed by atoms with van der Waals surface area (Å²) in [5.41, 5.74) is 1.74. The zero-order valence-corrected chi connectivity index (χ0v) is 10.0. The van der Waals surface area contributed by atoms with Gasteiger partial charge in [0.05, 0.1) is 5.57 Å². The molecule has 0 aromatic heterocycles. The molecule has 0 radical (unpaired) electrons. The van der Waals surface area contributed by atoms with E-state index in [0.29, 0.717) is 12.1 Å². The molecule has 1 N–H and O–H groups in total. The summed E-state index contributed by atoms with van der Waals surface area (Å²) in [7, 11) is 0. The summed E-state index contributed by atoms with van der Waals surface area (Å²) in [5.74, 6) is -0.274. The van der Waals surface area contributed by atoms with Crippen LogP contribution in [0.15, 0.2) is 60.3 Å². The van der Waals surface area contributed by atoms with Crippen molar-refractivity contribution in [1.29, 1.82) is 0 Å². The van der Waals surface area contributed by atoms with E-state index < -0.39 is 0 Å². The monoisotopic (exact) mass is 241 g/mol. The van der Waals surface area contributed by atoms with E-state index in [-0.39, 0.29) is 12.6 Å². The summed E-state index contributed by atoms with van der Waals surface area (Å²) < 4.78 is 5.14. The normalized spacial score (nSPS) is 14.1. The number of rotatable bonds is 4. The number of nitrogens with one attached hydrogen (secondary N) is 1. The fraction of sp³-hybridized carbons (Fsp3) is 0.133. The molecule has 1 heterocycles. The molecule has 0 aliphatic carbocycles. The van der Waals surface area contributed by atoms with Crippen LogP contribution in [0, 0.1) is 0 Å². The van der Waals surface area contributed by atoms with E-state index in [1.165, 1.54) is 0 Å². The van der Waals surface area contributed by atoms with Crippen molar-refractivity contribution in [3.8, 4) is 0 Å². The van der Waals surface area contributed by atoms with Gasteiger partial charge >= 0.3 is 5.97 Å². The first kappa shape index (κ1) is 12.2. The van der Waals surface area contributed by atoms with Gasteiger partial charge in [-0.25, -0.2) is 4.79 Å². The SMILES string of the molecule is O=C(OCC=Cc1ccccc1)C1=CC=CNC1. The van der Waals surface area contributed by atoms with Crippen LogP contribution in [0.2, 0.25) is 0 Å². The molecule has 0 fully saturated rings. The Morgan fingerprint density at radius 1 is 1.33 bits per heavy atom. The average molecular weight is 241 g/mol. The summed E-state index contributed by atoms with van der Waals surface area (Å²) in [6.07, 6.45) is 9.12. The van der Waals surface area contributed by atoms with Gasteiger partial charge in [0.15, 0.2) is 0 Å². The molecule has 3 nitrogen and oxygen atoms in total. The summed E-state index contributed by atoms with van der Waals surface area (Å²) in [5, 5.41) is 2.96. The van der Waals surface area contributed by atoms with Crippen molar-refractivity contribution in [2.75, 3.05) is 13.2 Å². The first-order valence-corrected chi connectivity index (χ1v) is 5.84. The minimum absolute atomic E-state index is 0.274. The van der Waals surface area contributed by atoms with Crippen molar-refractivity contribution in [2.45, 2.75) is 0 Å². The van der Waals surface area contributed by atoms with Gasteiger partial charge in [-0.15, -0.1) is 0 Å². The Bertz CT molecular complexity index is 486. The second-order valence-corrected chi connectivity index (χ2v) is 3.84. The summed E-state index contributed by atoms with van der Waals surface area (Å²) >= 11 is 0. The third kappa shape index (κ3) is 3.63. The van der Waals surface area contributed by atoms with Gasteiger partial charge in [-0.2, -0.15) is 0 Å². The van der Waals surface area contributed by atoms with E-state index in [4.69, 9.17) is 4.74 Å². The molecule has 1 aliphatic rings. The minimum atomic E-state index is -0.274. The number of ether oxygens (including phenoxy) is 1. The van der Waals surface area contributed by atoms with Crippen LogP contribution in [-0.2, 0) is 9.53 Å². The molecule has 0 saturated carbocycles. The Morgan fingerprint density at radius 2 is 2.17 bits per heavy atom. The van der Waals surface area contributed by atoms with Gasteiger partial charge in [-0.1, -0.05) is 36.4 Å². The van der Waals surface area contributed by atoms with Crippen LogP contribution in [0.4, 0.5) is 0 Å². The van der Waals surface area contributed by atoms with E-state index in [1.807, 2.05) is 42.5 Å². The van der Waals surface area contributed by atoms with Crippen LogP contribution in [0.25, 0.3) is 6.08 Å². The van der Waals surface area contributed by atoms with Crippen LogP contribution in [-0.4, -0.2) is 19.1 Å². The molecule has 0 unspecified atom stereocenters. The van der Waals surface area contributed by atoms with E-state index in [9.17, 15) is 4.79 Å². The van der Waals surface area contributed by atoms with E-state index >= 15 is 0 Å². The maximum absolute atomic E-state index is 11.6. The fourth-order valence-electron chi connectivity index (χ4n) is 1.57. The molecule has 0 bridgehead atoms. The lowest BCUT2D eigenvalue weighted by Gasteiger charge is -2.09. The third-order valence-electron chi connectivity index (χ3n) is 2.49. The molecule has 1 aromatic carbocycles. The zero-order chi connectivity index (χ0) is 12.6. The topological polar surface area (TPSA) is 38.3 Å². The van der Waals surface area contributed by atoms with Crippen LogP contribution in [0.5, 0.6) is 0 Å². The number of carbonyl (C=O) groups excluding carboxylic acids is 1. The van der Waals surface area contributed by atoms with Crippen LogP contribution >= 0.6 is 0 Å². The number of hydrogen-bond donors (Lipinski definition) is 1. The fourth-order valence-corrected chi connectivity index (χ4v) is 1.57. The second-order valence-electron chi connectivity index (χ2n) is 3.84. The molecule has 18 heavy (non-hydrogen) atoms. The zero-order valence-electron chi connectivity index (χ0n) is 10.0. The molecule has 0 atom stereocenters. The van der Waals surface area contributed by atoms with Crippen LogP contribution in [0.1, 0.15) is 5.56 Å². The van der Waals surface area contributed by atoms with Crippen molar-refractivity contribution in [3.05, 3.63) is 65.9 Å². The minimum Gasteiger partial charge on any atom is -0.458 e. The predicted octanol–water partition coefficient (Wildman–Crippen LogP) is 2.29. The Morgan fingerprint density at radius 3 is 2.89 bits per heavy atom. The smallest absolute Gasteiger partial charge is 0.336 e. The second kappa shape index (κ2) is 6.45. The molecule has 92 valence electrons. The van der Waals surface area contributed by atoms with Gasteiger partial charge in [-0.3, -0.25) is 0 Å². The maximum Gasteiger partial charge on any atom is 0.336 e. The first-order chi connectivity index (χ1) is 8.86.